The van der Waals surface area contributed by atoms with Gasteiger partial charge in [0.15, 0.2) is 17.5 Å². The lowest BCUT2D eigenvalue weighted by molar-refractivity contribution is 0.209. The van der Waals surface area contributed by atoms with Crippen LogP contribution in [0.15, 0.2) is 9.59 Å². The van der Waals surface area contributed by atoms with Crippen LogP contribution in [0.1, 0.15) is 43.7 Å². The number of fused-ring (bicyclic) bond motifs is 2. The van der Waals surface area contributed by atoms with Crippen LogP contribution >= 0.6 is 11.5 Å². The van der Waals surface area contributed by atoms with Crippen molar-refractivity contribution in [2.45, 2.75) is 44.2 Å². The van der Waals surface area contributed by atoms with Crippen molar-refractivity contribution in [1.29, 1.82) is 0 Å². The molecule has 3 heterocycles. The van der Waals surface area contributed by atoms with Gasteiger partial charge in [0.05, 0.1) is 10.9 Å². The number of piperidine rings is 1. The Morgan fingerprint density at radius 1 is 1.13 bits per heavy atom. The Labute approximate surface area is 178 Å². The van der Waals surface area contributed by atoms with Gasteiger partial charge in [-0.1, -0.05) is 6.92 Å². The smallest absolute Gasteiger partial charge is 0.271 e. The van der Waals surface area contributed by atoms with Crippen molar-refractivity contribution in [3.63, 3.8) is 0 Å². The standard InChI is InChI=1S/C21H21F3N4O2S/c1-7-10(25)5-26-6-21(7)4-9(21)11-14(22)15(23)12-17(16(11)24)28(8-2-3-8)20-13(18(12)29)19(30)27-31-20/h7-10,26H,2-6,25H2,1H3,(H,27,30)/t7-,9?,10?,21?/m0/s1. The summed E-state index contributed by atoms with van der Waals surface area (Å²) in [6.07, 6.45) is 1.94. The van der Waals surface area contributed by atoms with Crippen molar-refractivity contribution in [3.05, 3.63) is 43.6 Å². The molecule has 3 aromatic rings. The molecule has 3 unspecified atom stereocenters. The highest BCUT2D eigenvalue weighted by molar-refractivity contribution is 7.12. The number of aromatic nitrogens is 2. The molecule has 1 spiro atoms. The van der Waals surface area contributed by atoms with E-state index in [0.29, 0.717) is 19.5 Å². The van der Waals surface area contributed by atoms with Crippen molar-refractivity contribution in [2.24, 2.45) is 17.1 Å². The largest absolute Gasteiger partial charge is 0.326 e. The Hall–Kier alpha value is -2.17. The molecule has 2 aromatic heterocycles. The van der Waals surface area contributed by atoms with E-state index in [1.54, 1.807) is 0 Å². The van der Waals surface area contributed by atoms with Gasteiger partial charge >= 0.3 is 0 Å². The highest BCUT2D eigenvalue weighted by atomic mass is 32.1. The number of hydrogen-bond donors (Lipinski definition) is 3. The monoisotopic (exact) mass is 450 g/mol. The summed E-state index contributed by atoms with van der Waals surface area (Å²) >= 11 is 0.925. The minimum absolute atomic E-state index is 0.0133. The van der Waals surface area contributed by atoms with Crippen LogP contribution in [0.5, 0.6) is 0 Å². The second-order valence-electron chi connectivity index (χ2n) is 9.30. The van der Waals surface area contributed by atoms with E-state index in [1.807, 2.05) is 6.92 Å². The van der Waals surface area contributed by atoms with E-state index in [2.05, 4.69) is 9.69 Å². The first kappa shape index (κ1) is 19.5. The van der Waals surface area contributed by atoms with E-state index >= 15 is 13.2 Å². The molecular weight excluding hydrogens is 429 g/mol. The molecular formula is C21H21F3N4O2S. The van der Waals surface area contributed by atoms with Crippen LogP contribution in [-0.4, -0.2) is 28.1 Å². The molecule has 3 fully saturated rings. The lowest BCUT2D eigenvalue weighted by Gasteiger charge is -2.36. The van der Waals surface area contributed by atoms with Crippen molar-refractivity contribution in [1.82, 2.24) is 14.3 Å². The molecule has 0 amide bonds. The van der Waals surface area contributed by atoms with E-state index in [4.69, 9.17) is 5.73 Å². The number of halogens is 3. The third kappa shape index (κ3) is 2.41. The number of nitrogens with one attached hydrogen (secondary N) is 2. The number of hydrogen-bond acceptors (Lipinski definition) is 5. The van der Waals surface area contributed by atoms with E-state index < -0.39 is 45.2 Å². The fraction of sp³-hybridized carbons (Fsp3) is 0.524. The van der Waals surface area contributed by atoms with Gasteiger partial charge in [0, 0.05) is 30.7 Å². The molecule has 6 nitrogen and oxygen atoms in total. The zero-order chi connectivity index (χ0) is 21.8. The number of H-pyrrole nitrogens is 1. The van der Waals surface area contributed by atoms with Crippen LogP contribution < -0.4 is 22.0 Å². The fourth-order valence-electron chi connectivity index (χ4n) is 5.62. The average molecular weight is 450 g/mol. The van der Waals surface area contributed by atoms with E-state index in [0.717, 1.165) is 24.4 Å². The second kappa shape index (κ2) is 6.20. The minimum Gasteiger partial charge on any atom is -0.326 e. The molecule has 31 heavy (non-hydrogen) atoms. The van der Waals surface area contributed by atoms with Gasteiger partial charge in [0.2, 0.25) is 5.43 Å². The molecule has 1 aliphatic heterocycles. The Morgan fingerprint density at radius 2 is 1.87 bits per heavy atom. The Bertz CT molecular complexity index is 1390. The summed E-state index contributed by atoms with van der Waals surface area (Å²) in [4.78, 5) is 25.4. The lowest BCUT2D eigenvalue weighted by atomic mass is 9.78. The molecule has 3 aliphatic rings. The van der Waals surface area contributed by atoms with E-state index in [1.165, 1.54) is 4.57 Å². The summed E-state index contributed by atoms with van der Waals surface area (Å²) in [7, 11) is 0. The first-order valence-electron chi connectivity index (χ1n) is 10.5. The molecule has 1 aromatic carbocycles. The van der Waals surface area contributed by atoms with Gasteiger partial charge in [-0.25, -0.2) is 13.2 Å². The fourth-order valence-corrected chi connectivity index (χ4v) is 6.54. The SMILES string of the molecule is C[C@H]1C(N)CNCC12CC2c1c(F)c(F)c2c(=O)c3c(=O)[nH]sc3n(C3CC3)c2c1F. The molecule has 4 atom stereocenters. The molecule has 2 saturated carbocycles. The predicted octanol–water partition coefficient (Wildman–Crippen LogP) is 2.70. The van der Waals surface area contributed by atoms with Crippen LogP contribution in [0.25, 0.3) is 21.1 Å². The third-order valence-corrected chi connectivity index (χ3v) is 8.57. The number of rotatable bonds is 2. The predicted molar refractivity (Wildman–Crippen MR) is 112 cm³/mol. The van der Waals surface area contributed by atoms with Gasteiger partial charge in [0.25, 0.3) is 5.56 Å². The van der Waals surface area contributed by atoms with Gasteiger partial charge in [-0.15, -0.1) is 0 Å². The van der Waals surface area contributed by atoms with Gasteiger partial charge in [-0.3, -0.25) is 14.0 Å². The highest BCUT2D eigenvalue weighted by Gasteiger charge is 2.62. The second-order valence-corrected chi connectivity index (χ2v) is 10.1. The molecule has 10 heteroatoms. The Morgan fingerprint density at radius 3 is 2.58 bits per heavy atom. The van der Waals surface area contributed by atoms with Crippen LogP contribution in [0.2, 0.25) is 0 Å². The van der Waals surface area contributed by atoms with Gasteiger partial charge < -0.3 is 15.6 Å². The topological polar surface area (TPSA) is 92.9 Å². The first-order chi connectivity index (χ1) is 14.8. The summed E-state index contributed by atoms with van der Waals surface area (Å²) in [5.74, 6) is -4.11. The van der Waals surface area contributed by atoms with Gasteiger partial charge in [-0.2, -0.15) is 0 Å². The number of pyridine rings is 1. The summed E-state index contributed by atoms with van der Waals surface area (Å²) in [5.41, 5.74) is 3.59. The maximum absolute atomic E-state index is 16.0. The molecule has 1 saturated heterocycles. The summed E-state index contributed by atoms with van der Waals surface area (Å²) in [6.45, 7) is 3.15. The van der Waals surface area contributed by atoms with Crippen molar-refractivity contribution in [2.75, 3.05) is 13.1 Å². The Balaban J connectivity index is 1.68. The molecule has 2 aliphatic carbocycles. The zero-order valence-corrected chi connectivity index (χ0v) is 17.5. The Kier molecular flexibility index (Phi) is 3.90. The maximum Gasteiger partial charge on any atom is 0.271 e. The third-order valence-electron chi connectivity index (χ3n) is 7.69. The molecule has 0 bridgehead atoms. The maximum atomic E-state index is 16.0. The van der Waals surface area contributed by atoms with Crippen LogP contribution in [0.4, 0.5) is 13.2 Å². The van der Waals surface area contributed by atoms with Crippen LogP contribution in [0, 0.1) is 28.8 Å². The lowest BCUT2D eigenvalue weighted by Crippen LogP contribution is -2.51. The van der Waals surface area contributed by atoms with Crippen molar-refractivity contribution < 1.29 is 13.2 Å². The number of benzene rings is 1. The highest BCUT2D eigenvalue weighted by Crippen LogP contribution is 2.65. The first-order valence-corrected chi connectivity index (χ1v) is 11.3. The number of nitrogens with two attached hydrogens (primary N) is 1. The molecule has 0 radical (unpaired) electrons. The van der Waals surface area contributed by atoms with Gasteiger partial charge in [0.1, 0.15) is 10.2 Å². The number of nitrogens with zero attached hydrogens (tertiary/aromatic N) is 1. The quantitative estimate of drug-likeness (QED) is 0.524. The van der Waals surface area contributed by atoms with Crippen molar-refractivity contribution in [3.8, 4) is 0 Å². The summed E-state index contributed by atoms with van der Waals surface area (Å²) in [6, 6.07) is -0.308. The summed E-state index contributed by atoms with van der Waals surface area (Å²) in [5, 5.41) is 2.31. The van der Waals surface area contributed by atoms with Crippen LogP contribution in [-0.2, 0) is 0 Å². The molecule has 4 N–H and O–H groups in total. The molecule has 164 valence electrons. The zero-order valence-electron chi connectivity index (χ0n) is 16.7. The van der Waals surface area contributed by atoms with Crippen molar-refractivity contribution >= 4 is 32.7 Å². The minimum atomic E-state index is -1.37. The van der Waals surface area contributed by atoms with Gasteiger partial charge in [-0.05, 0) is 48.0 Å². The van der Waals surface area contributed by atoms with E-state index in [-0.39, 0.29) is 39.3 Å². The molecule has 6 rings (SSSR count). The normalized spacial score (nSPS) is 30.5. The van der Waals surface area contributed by atoms with Crippen LogP contribution in [0.3, 0.4) is 0 Å². The summed E-state index contributed by atoms with van der Waals surface area (Å²) < 4.78 is 50.7. The van der Waals surface area contributed by atoms with E-state index in [9.17, 15) is 9.59 Å². The average Bonchev–Trinajstić information content (AvgIpc) is 3.64. The number of aromatic amines is 1.